The molecule has 1 heterocycles. The summed E-state index contributed by atoms with van der Waals surface area (Å²) in [5.74, 6) is -5.62. The van der Waals surface area contributed by atoms with Gasteiger partial charge in [-0.15, -0.1) is 0 Å². The molecule has 9 heteroatoms. The molecule has 1 amide bonds. The summed E-state index contributed by atoms with van der Waals surface area (Å²) in [5.41, 5.74) is -0.956. The maximum Gasteiger partial charge on any atom is 0.294 e. The number of nitrogens with zero attached hydrogens (tertiary/aromatic N) is 1. The third-order valence-electron chi connectivity index (χ3n) is 3.00. The van der Waals surface area contributed by atoms with E-state index in [1.165, 1.54) is 14.1 Å². The first-order chi connectivity index (χ1) is 10.7. The first-order valence-corrected chi connectivity index (χ1v) is 6.71. The second kappa shape index (κ2) is 6.51. The van der Waals surface area contributed by atoms with E-state index in [9.17, 15) is 30.0 Å². The SMILES string of the molecule is CC.[B]c1[nH]c2c(O)c(O)c(O)c(O)c2c1C(=O)C(=O)N(C)C. The van der Waals surface area contributed by atoms with E-state index >= 15 is 0 Å². The number of aromatic nitrogens is 1. The van der Waals surface area contributed by atoms with Crippen LogP contribution in [0, 0.1) is 0 Å². The van der Waals surface area contributed by atoms with Crippen LogP contribution in [0.15, 0.2) is 0 Å². The van der Waals surface area contributed by atoms with Crippen molar-refractivity contribution in [3.63, 3.8) is 0 Å². The Bertz CT molecular complexity index is 782. The van der Waals surface area contributed by atoms with Crippen LogP contribution in [0.25, 0.3) is 10.9 Å². The van der Waals surface area contributed by atoms with Crippen LogP contribution in [-0.2, 0) is 4.79 Å². The highest BCUT2D eigenvalue weighted by atomic mass is 16.3. The summed E-state index contributed by atoms with van der Waals surface area (Å²) in [6.45, 7) is 4.00. The van der Waals surface area contributed by atoms with Gasteiger partial charge < -0.3 is 30.3 Å². The number of likely N-dealkylation sites (N-methyl/N-ethyl adjacent to an activating group) is 1. The van der Waals surface area contributed by atoms with Crippen molar-refractivity contribution >= 4 is 36.0 Å². The van der Waals surface area contributed by atoms with Crippen molar-refractivity contribution in [3.8, 4) is 23.0 Å². The number of carbonyl (C=O) groups excluding carboxylic acids is 2. The molecule has 23 heavy (non-hydrogen) atoms. The summed E-state index contributed by atoms with van der Waals surface area (Å²) in [7, 11) is 8.30. The summed E-state index contributed by atoms with van der Waals surface area (Å²) in [5, 5.41) is 38.2. The van der Waals surface area contributed by atoms with Gasteiger partial charge in [0.25, 0.3) is 11.7 Å². The molecule has 0 atom stereocenters. The third kappa shape index (κ3) is 2.77. The van der Waals surface area contributed by atoms with Gasteiger partial charge >= 0.3 is 0 Å². The lowest BCUT2D eigenvalue weighted by molar-refractivity contribution is -0.124. The fraction of sp³-hybridized carbons (Fsp3) is 0.286. The molecule has 2 rings (SSSR count). The third-order valence-corrected chi connectivity index (χ3v) is 3.00. The van der Waals surface area contributed by atoms with Gasteiger partial charge in [0.05, 0.1) is 10.9 Å². The van der Waals surface area contributed by atoms with Crippen molar-refractivity contribution in [1.29, 1.82) is 0 Å². The van der Waals surface area contributed by atoms with Gasteiger partial charge in [0.2, 0.25) is 11.5 Å². The van der Waals surface area contributed by atoms with Crippen LogP contribution in [0.3, 0.4) is 0 Å². The minimum atomic E-state index is -1.04. The zero-order valence-corrected chi connectivity index (χ0v) is 13.1. The van der Waals surface area contributed by atoms with Gasteiger partial charge in [-0.1, -0.05) is 13.8 Å². The Kier molecular flexibility index (Phi) is 5.16. The van der Waals surface area contributed by atoms with Crippen LogP contribution in [0.2, 0.25) is 0 Å². The number of fused-ring (bicyclic) bond motifs is 1. The highest BCUT2D eigenvalue weighted by molar-refractivity contribution is 6.51. The average molecular weight is 320 g/mol. The first-order valence-electron chi connectivity index (χ1n) is 6.71. The molecule has 122 valence electrons. The predicted molar refractivity (Wildman–Crippen MR) is 84.7 cm³/mol. The van der Waals surface area contributed by atoms with Crippen molar-refractivity contribution in [2.24, 2.45) is 0 Å². The van der Waals surface area contributed by atoms with Gasteiger partial charge in [-0.05, 0) is 5.59 Å². The molecule has 2 aromatic rings. The van der Waals surface area contributed by atoms with Crippen LogP contribution >= 0.6 is 0 Å². The Morgan fingerprint density at radius 1 is 0.957 bits per heavy atom. The maximum atomic E-state index is 12.1. The highest BCUT2D eigenvalue weighted by Crippen LogP contribution is 2.48. The number of aromatic amines is 1. The molecule has 2 radical (unpaired) electrons. The van der Waals surface area contributed by atoms with E-state index in [-0.39, 0.29) is 16.5 Å². The summed E-state index contributed by atoms with van der Waals surface area (Å²) in [4.78, 5) is 27.2. The van der Waals surface area contributed by atoms with E-state index in [1.807, 2.05) is 13.8 Å². The van der Waals surface area contributed by atoms with Crippen LogP contribution in [-0.4, -0.2) is 63.9 Å². The topological polar surface area (TPSA) is 134 Å². The molecule has 0 saturated carbocycles. The summed E-state index contributed by atoms with van der Waals surface area (Å²) in [6.07, 6.45) is 0. The number of aromatic hydroxyl groups is 4. The van der Waals surface area contributed by atoms with Gasteiger partial charge in [-0.2, -0.15) is 0 Å². The molecule has 0 spiro atoms. The lowest BCUT2D eigenvalue weighted by atomic mass is 9.94. The summed E-state index contributed by atoms with van der Waals surface area (Å²) < 4.78 is 0. The Labute approximate surface area is 133 Å². The van der Waals surface area contributed by atoms with Crippen LogP contribution in [0.5, 0.6) is 23.0 Å². The van der Waals surface area contributed by atoms with Crippen molar-refractivity contribution < 1.29 is 30.0 Å². The Balaban J connectivity index is 0.00000127. The number of phenols is 4. The zero-order chi connectivity index (χ0) is 18.1. The minimum absolute atomic E-state index is 0.268. The number of Topliss-reactive ketones (excluding diaryl/α,β-unsaturated/α-hetero) is 1. The van der Waals surface area contributed by atoms with Crippen molar-refractivity contribution in [2.75, 3.05) is 14.1 Å². The quantitative estimate of drug-likeness (QED) is 0.175. The first kappa shape index (κ1) is 18.2. The monoisotopic (exact) mass is 320 g/mol. The van der Waals surface area contributed by atoms with Gasteiger partial charge in [-0.3, -0.25) is 9.59 Å². The van der Waals surface area contributed by atoms with E-state index in [0.29, 0.717) is 0 Å². The number of carbonyl (C=O) groups is 2. The van der Waals surface area contributed by atoms with Gasteiger partial charge in [0.1, 0.15) is 7.85 Å². The number of hydrogen-bond acceptors (Lipinski definition) is 6. The molecule has 1 aromatic heterocycles. The molecule has 0 saturated heterocycles. The fourth-order valence-electron chi connectivity index (χ4n) is 1.94. The second-order valence-corrected chi connectivity index (χ2v) is 4.59. The molecular weight excluding hydrogens is 303 g/mol. The molecule has 0 aliphatic heterocycles. The van der Waals surface area contributed by atoms with E-state index in [1.54, 1.807) is 0 Å². The van der Waals surface area contributed by atoms with Gasteiger partial charge in [0.15, 0.2) is 11.5 Å². The molecule has 0 fully saturated rings. The average Bonchev–Trinajstić information content (AvgIpc) is 2.88. The van der Waals surface area contributed by atoms with Gasteiger partial charge in [-0.25, -0.2) is 0 Å². The van der Waals surface area contributed by atoms with E-state index < -0.39 is 40.3 Å². The smallest absolute Gasteiger partial charge is 0.294 e. The fourth-order valence-corrected chi connectivity index (χ4v) is 1.94. The van der Waals surface area contributed by atoms with E-state index in [0.717, 1.165) is 4.90 Å². The zero-order valence-electron chi connectivity index (χ0n) is 13.1. The van der Waals surface area contributed by atoms with Crippen molar-refractivity contribution in [3.05, 3.63) is 5.56 Å². The number of rotatable bonds is 2. The van der Waals surface area contributed by atoms with Crippen LogP contribution in [0.1, 0.15) is 24.2 Å². The second-order valence-electron chi connectivity index (χ2n) is 4.59. The molecular formula is C14H17BN2O6. The number of H-pyrrole nitrogens is 1. The molecule has 0 aliphatic rings. The summed E-state index contributed by atoms with van der Waals surface area (Å²) in [6, 6.07) is 0. The normalized spacial score (nSPS) is 10.1. The van der Waals surface area contributed by atoms with Crippen molar-refractivity contribution in [1.82, 2.24) is 9.88 Å². The predicted octanol–water partition coefficient (Wildman–Crippen LogP) is 0.0812. The number of benzene rings is 1. The largest absolute Gasteiger partial charge is 0.504 e. The van der Waals surface area contributed by atoms with Gasteiger partial charge in [0, 0.05) is 19.7 Å². The lowest BCUT2D eigenvalue weighted by Gasteiger charge is -2.10. The molecule has 8 nitrogen and oxygen atoms in total. The molecule has 5 N–H and O–H groups in total. The molecule has 1 aromatic carbocycles. The number of phenolic OH excluding ortho intramolecular Hbond substituents is 4. The van der Waals surface area contributed by atoms with Crippen LogP contribution < -0.4 is 5.59 Å². The maximum absolute atomic E-state index is 12.1. The van der Waals surface area contributed by atoms with E-state index in [2.05, 4.69) is 4.98 Å². The van der Waals surface area contributed by atoms with Crippen molar-refractivity contribution in [2.45, 2.75) is 13.8 Å². The lowest BCUT2D eigenvalue weighted by Crippen LogP contribution is -2.32. The number of ketones is 1. The Morgan fingerprint density at radius 3 is 1.91 bits per heavy atom. The van der Waals surface area contributed by atoms with Crippen LogP contribution in [0.4, 0.5) is 0 Å². The standard InChI is InChI=1S/C12H11BN2O6.C2H6/c1-15(2)12(21)7(17)4-3-5(14-11(4)13)8(18)10(20)9(19)6(3)16;1-2/h14,16,18-20H,1-2H3;1-2H3. The minimum Gasteiger partial charge on any atom is -0.504 e. The number of nitrogens with one attached hydrogen (secondary N) is 1. The molecule has 0 bridgehead atoms. The number of amides is 1. The highest BCUT2D eigenvalue weighted by Gasteiger charge is 2.29. The van der Waals surface area contributed by atoms with E-state index in [4.69, 9.17) is 7.85 Å². The molecule has 0 unspecified atom stereocenters. The Morgan fingerprint density at radius 2 is 1.43 bits per heavy atom. The molecule has 0 aliphatic carbocycles. The summed E-state index contributed by atoms with van der Waals surface area (Å²) >= 11 is 0. The number of hydrogen-bond donors (Lipinski definition) is 5. The Hall–Kier alpha value is -2.84.